The quantitative estimate of drug-likeness (QED) is 0.486. The average Bonchev–Trinajstić information content (AvgIpc) is 2.54. The van der Waals surface area contributed by atoms with Gasteiger partial charge in [-0.15, -0.1) is 0 Å². The molecule has 0 aromatic heterocycles. The van der Waals surface area contributed by atoms with Gasteiger partial charge in [0.05, 0.1) is 5.56 Å². The van der Waals surface area contributed by atoms with Crippen molar-refractivity contribution in [2.24, 2.45) is 0 Å². The zero-order chi connectivity index (χ0) is 15.9. The van der Waals surface area contributed by atoms with E-state index in [1.165, 1.54) is 0 Å². The molecule has 0 radical (unpaired) electrons. The molecule has 112 valence electrons. The number of hydrogen-bond donors (Lipinski definition) is 2. The van der Waals surface area contributed by atoms with Crippen LogP contribution in [-0.4, -0.2) is 22.0 Å². The minimum atomic E-state index is -1.63. The summed E-state index contributed by atoms with van der Waals surface area (Å²) in [7, 11) is 0. The molecule has 2 aromatic rings. The largest absolute Gasteiger partial charge is 0.507 e. The highest BCUT2D eigenvalue weighted by Crippen LogP contribution is 2.25. The summed E-state index contributed by atoms with van der Waals surface area (Å²) in [6.07, 6.45) is 0.660. The van der Waals surface area contributed by atoms with Crippen LogP contribution in [0.25, 0.3) is 5.76 Å². The molecule has 0 spiro atoms. The third-order valence-electron chi connectivity index (χ3n) is 2.88. The zero-order valence-corrected chi connectivity index (χ0v) is 11.6. The third-order valence-corrected chi connectivity index (χ3v) is 2.88. The molecule has 2 rings (SSSR count). The van der Waals surface area contributed by atoms with Crippen molar-refractivity contribution in [3.63, 3.8) is 0 Å². The van der Waals surface area contributed by atoms with Crippen molar-refractivity contribution < 1.29 is 24.5 Å². The predicted octanol–water partition coefficient (Wildman–Crippen LogP) is 2.82. The molecule has 2 N–H and O–H groups in total. The van der Waals surface area contributed by atoms with Gasteiger partial charge in [-0.25, -0.2) is 4.79 Å². The first-order valence-corrected chi connectivity index (χ1v) is 6.52. The first-order chi connectivity index (χ1) is 10.6. The van der Waals surface area contributed by atoms with Crippen LogP contribution in [0.5, 0.6) is 5.75 Å². The Bertz CT molecular complexity index is 704. The standard InChI is InChI=1S/C17H14O5/c18-14(10-15(19)17(20)21)13-8-4-5-9-16(13)22-11-12-6-2-1-3-7-12/h1-10,18H,11H2,(H,20,21). The number of ketones is 1. The number of benzene rings is 2. The molecule has 0 aliphatic carbocycles. The molecule has 22 heavy (non-hydrogen) atoms. The summed E-state index contributed by atoms with van der Waals surface area (Å²) in [5.41, 5.74) is 1.20. The van der Waals surface area contributed by atoms with E-state index in [2.05, 4.69) is 0 Å². The fraction of sp³-hybridized carbons (Fsp3) is 0.0588. The number of aliphatic carboxylic acids is 1. The summed E-state index contributed by atoms with van der Waals surface area (Å²) in [5.74, 6) is -2.92. The Balaban J connectivity index is 2.20. The number of ether oxygens (including phenoxy) is 1. The second-order valence-corrected chi connectivity index (χ2v) is 4.47. The summed E-state index contributed by atoms with van der Waals surface area (Å²) >= 11 is 0. The Morgan fingerprint density at radius 2 is 1.59 bits per heavy atom. The lowest BCUT2D eigenvalue weighted by molar-refractivity contribution is -0.146. The molecule has 5 heteroatoms. The van der Waals surface area contributed by atoms with E-state index in [4.69, 9.17) is 9.84 Å². The molecular weight excluding hydrogens is 284 g/mol. The number of carbonyl (C=O) groups excluding carboxylic acids is 1. The van der Waals surface area contributed by atoms with Crippen molar-refractivity contribution in [1.82, 2.24) is 0 Å². The average molecular weight is 298 g/mol. The van der Waals surface area contributed by atoms with Crippen LogP contribution in [0, 0.1) is 0 Å². The lowest BCUT2D eigenvalue weighted by Gasteiger charge is -2.11. The van der Waals surface area contributed by atoms with Gasteiger partial charge in [0, 0.05) is 6.08 Å². The van der Waals surface area contributed by atoms with Gasteiger partial charge in [0.1, 0.15) is 18.1 Å². The van der Waals surface area contributed by atoms with E-state index in [0.717, 1.165) is 5.56 Å². The highest BCUT2D eigenvalue weighted by molar-refractivity contribution is 6.38. The summed E-state index contributed by atoms with van der Waals surface area (Å²) in [6, 6.07) is 16.0. The molecule has 0 bridgehead atoms. The lowest BCUT2D eigenvalue weighted by atomic mass is 10.1. The number of rotatable bonds is 6. The number of hydrogen-bond acceptors (Lipinski definition) is 4. The van der Waals surface area contributed by atoms with Gasteiger partial charge < -0.3 is 14.9 Å². The Morgan fingerprint density at radius 1 is 0.955 bits per heavy atom. The van der Waals surface area contributed by atoms with E-state index in [0.29, 0.717) is 11.8 Å². The van der Waals surface area contributed by atoms with Crippen molar-refractivity contribution >= 4 is 17.5 Å². The van der Waals surface area contributed by atoms with E-state index in [1.54, 1.807) is 24.3 Å². The van der Waals surface area contributed by atoms with Gasteiger partial charge in [-0.2, -0.15) is 0 Å². The summed E-state index contributed by atoms with van der Waals surface area (Å²) in [6.45, 7) is 0.290. The van der Waals surface area contributed by atoms with Gasteiger partial charge in [0.15, 0.2) is 0 Å². The maximum absolute atomic E-state index is 11.1. The van der Waals surface area contributed by atoms with Gasteiger partial charge in [0.25, 0.3) is 5.78 Å². The molecule has 2 aromatic carbocycles. The zero-order valence-electron chi connectivity index (χ0n) is 11.6. The first kappa shape index (κ1) is 15.3. The molecule has 5 nitrogen and oxygen atoms in total. The minimum absolute atomic E-state index is 0.257. The SMILES string of the molecule is O=C(O)C(=O)C=C(O)c1ccccc1OCc1ccccc1. The third kappa shape index (κ3) is 3.96. The Labute approximate surface area is 127 Å². The van der Waals surface area contributed by atoms with Gasteiger partial charge in [-0.05, 0) is 17.7 Å². The summed E-state index contributed by atoms with van der Waals surface area (Å²) < 4.78 is 5.63. The molecular formula is C17H14O5. The predicted molar refractivity (Wildman–Crippen MR) is 80.5 cm³/mol. The molecule has 0 saturated heterocycles. The van der Waals surface area contributed by atoms with Gasteiger partial charge >= 0.3 is 5.97 Å². The maximum atomic E-state index is 11.1. The van der Waals surface area contributed by atoms with Crippen LogP contribution in [-0.2, 0) is 16.2 Å². The van der Waals surface area contributed by atoms with E-state index in [9.17, 15) is 14.7 Å². The Morgan fingerprint density at radius 3 is 2.27 bits per heavy atom. The highest BCUT2D eigenvalue weighted by Gasteiger charge is 2.13. The number of carbonyl (C=O) groups is 2. The van der Waals surface area contributed by atoms with Crippen LogP contribution in [0.2, 0.25) is 0 Å². The summed E-state index contributed by atoms with van der Waals surface area (Å²) in [4.78, 5) is 21.7. The highest BCUT2D eigenvalue weighted by atomic mass is 16.5. The smallest absolute Gasteiger partial charge is 0.376 e. The number of para-hydroxylation sites is 1. The normalized spacial score (nSPS) is 11.0. The second-order valence-electron chi connectivity index (χ2n) is 4.47. The van der Waals surface area contributed by atoms with Crippen molar-refractivity contribution in [3.05, 3.63) is 71.8 Å². The summed E-state index contributed by atoms with van der Waals surface area (Å²) in [5, 5.41) is 18.5. The maximum Gasteiger partial charge on any atom is 0.376 e. The van der Waals surface area contributed by atoms with Crippen LogP contribution in [0.3, 0.4) is 0 Å². The molecule has 0 fully saturated rings. The van der Waals surface area contributed by atoms with Crippen LogP contribution in [0.4, 0.5) is 0 Å². The number of carboxylic acids is 1. The fourth-order valence-electron chi connectivity index (χ4n) is 1.80. The number of aliphatic hydroxyl groups is 1. The van der Waals surface area contributed by atoms with Crippen molar-refractivity contribution in [2.45, 2.75) is 6.61 Å². The number of aliphatic hydroxyl groups excluding tert-OH is 1. The molecule has 0 unspecified atom stereocenters. The van der Waals surface area contributed by atoms with Crippen molar-refractivity contribution in [3.8, 4) is 5.75 Å². The lowest BCUT2D eigenvalue weighted by Crippen LogP contribution is -2.09. The fourth-order valence-corrected chi connectivity index (χ4v) is 1.80. The van der Waals surface area contributed by atoms with Gasteiger partial charge in [-0.3, -0.25) is 4.79 Å². The first-order valence-electron chi connectivity index (χ1n) is 6.52. The Hall–Kier alpha value is -3.08. The molecule has 0 aliphatic heterocycles. The van der Waals surface area contributed by atoms with Crippen LogP contribution in [0.1, 0.15) is 11.1 Å². The van der Waals surface area contributed by atoms with Gasteiger partial charge in [-0.1, -0.05) is 42.5 Å². The monoisotopic (exact) mass is 298 g/mol. The van der Waals surface area contributed by atoms with Crippen LogP contribution < -0.4 is 4.74 Å². The van der Waals surface area contributed by atoms with E-state index in [1.807, 2.05) is 30.3 Å². The number of carboxylic acid groups (broad SMARTS) is 1. The molecule has 0 atom stereocenters. The topological polar surface area (TPSA) is 83.8 Å². The minimum Gasteiger partial charge on any atom is -0.507 e. The molecule has 0 aliphatic rings. The van der Waals surface area contributed by atoms with Gasteiger partial charge in [0.2, 0.25) is 0 Å². The second kappa shape index (κ2) is 7.08. The molecule has 0 heterocycles. The van der Waals surface area contributed by atoms with E-state index >= 15 is 0 Å². The van der Waals surface area contributed by atoms with E-state index in [-0.39, 0.29) is 12.2 Å². The van der Waals surface area contributed by atoms with Crippen LogP contribution in [0.15, 0.2) is 60.7 Å². The Kier molecular flexibility index (Phi) is 4.93. The molecule has 0 amide bonds. The van der Waals surface area contributed by atoms with Crippen LogP contribution >= 0.6 is 0 Å². The van der Waals surface area contributed by atoms with Crippen molar-refractivity contribution in [1.29, 1.82) is 0 Å². The van der Waals surface area contributed by atoms with E-state index < -0.39 is 17.5 Å². The van der Waals surface area contributed by atoms with Crippen molar-refractivity contribution in [2.75, 3.05) is 0 Å². The molecule has 0 saturated carbocycles.